The van der Waals surface area contributed by atoms with Crippen LogP contribution >= 0.6 is 0 Å². The van der Waals surface area contributed by atoms with Gasteiger partial charge in [-0.15, -0.1) is 26.3 Å². The first kappa shape index (κ1) is 36.0. The zero-order chi connectivity index (χ0) is 30.9. The number of hydrogen-bond acceptors (Lipinski definition) is 5. The van der Waals surface area contributed by atoms with Crippen LogP contribution in [0.25, 0.3) is 0 Å². The molecule has 0 aliphatic carbocycles. The molecule has 0 aromatic heterocycles. The number of rotatable bonds is 12. The van der Waals surface area contributed by atoms with Gasteiger partial charge >= 0.3 is 0 Å². The Kier molecular flexibility index (Phi) is 15.8. The lowest BCUT2D eigenvalue weighted by Crippen LogP contribution is -2.49. The molecule has 2 aromatic carbocycles. The van der Waals surface area contributed by atoms with Crippen molar-refractivity contribution in [3.63, 3.8) is 0 Å². The minimum absolute atomic E-state index is 0.0504. The predicted molar refractivity (Wildman–Crippen MR) is 163 cm³/mol. The van der Waals surface area contributed by atoms with E-state index < -0.39 is 10.8 Å². The van der Waals surface area contributed by atoms with E-state index in [9.17, 15) is 19.2 Å². The largest absolute Gasteiger partial charge is 0.343 e. The lowest BCUT2D eigenvalue weighted by atomic mass is 9.71. The molecule has 0 saturated heterocycles. The van der Waals surface area contributed by atoms with E-state index in [1.165, 1.54) is 0 Å². The highest BCUT2D eigenvalue weighted by Crippen LogP contribution is 2.37. The van der Waals surface area contributed by atoms with Gasteiger partial charge in [0.25, 0.3) is 5.91 Å². The van der Waals surface area contributed by atoms with Crippen molar-refractivity contribution in [2.24, 2.45) is 10.8 Å². The molecule has 0 aliphatic rings. The van der Waals surface area contributed by atoms with E-state index in [2.05, 4.69) is 42.3 Å². The third-order valence-electron chi connectivity index (χ3n) is 6.27. The number of nitrogens with zero attached hydrogens (tertiary/aromatic N) is 1. The molecule has 0 fully saturated rings. The van der Waals surface area contributed by atoms with Gasteiger partial charge in [-0.2, -0.15) is 0 Å². The fraction of sp³-hybridized carbons (Fsp3) is 0.375. The molecule has 3 amide bonds. The molecule has 0 saturated carbocycles. The van der Waals surface area contributed by atoms with E-state index in [4.69, 9.17) is 0 Å². The summed E-state index contributed by atoms with van der Waals surface area (Å²) in [5, 5.41) is 8.34. The highest BCUT2D eigenvalue weighted by Gasteiger charge is 2.40. The summed E-state index contributed by atoms with van der Waals surface area (Å²) in [6.45, 7) is 19.8. The fourth-order valence-electron chi connectivity index (χ4n) is 3.94. The van der Waals surface area contributed by atoms with Crippen molar-refractivity contribution in [3.05, 3.63) is 97.6 Å². The lowest BCUT2D eigenvalue weighted by molar-refractivity contribution is -0.137. The van der Waals surface area contributed by atoms with Gasteiger partial charge in [0.1, 0.15) is 0 Å². The Bertz CT molecular complexity index is 1100. The highest BCUT2D eigenvalue weighted by molar-refractivity contribution is 6.09. The third-order valence-corrected chi connectivity index (χ3v) is 6.27. The van der Waals surface area contributed by atoms with E-state index in [0.29, 0.717) is 36.2 Å². The Morgan fingerprint density at radius 2 is 1.23 bits per heavy atom. The van der Waals surface area contributed by atoms with Crippen molar-refractivity contribution >= 4 is 23.5 Å². The van der Waals surface area contributed by atoms with Crippen molar-refractivity contribution in [2.45, 2.75) is 40.5 Å². The van der Waals surface area contributed by atoms with Crippen LogP contribution in [-0.2, 0) is 9.59 Å². The number of carbonyl (C=O) groups excluding carboxylic acids is 4. The van der Waals surface area contributed by atoms with E-state index in [0.717, 1.165) is 0 Å². The van der Waals surface area contributed by atoms with Gasteiger partial charge < -0.3 is 16.0 Å². The second kappa shape index (κ2) is 17.5. The van der Waals surface area contributed by atoms with Crippen LogP contribution < -0.4 is 16.0 Å². The normalized spacial score (nSPS) is 11.9. The van der Waals surface area contributed by atoms with Gasteiger partial charge in [-0.05, 0) is 39.1 Å². The zero-order valence-electron chi connectivity index (χ0n) is 24.9. The molecule has 40 heavy (non-hydrogen) atoms. The molecular weight excluding hydrogens is 504 g/mol. The number of nitrogens with one attached hydrogen (secondary N) is 3. The van der Waals surface area contributed by atoms with Crippen LogP contribution in [-0.4, -0.2) is 55.8 Å². The SMILES string of the molecule is C=C.C=C.CCC(C)(CC(C)(C)C(=O)NCN(C)C)C(=O)NCNC(=O)c1ccc(C(=O)c2ccccc2)cc1. The summed E-state index contributed by atoms with van der Waals surface area (Å²) in [7, 11) is 3.73. The van der Waals surface area contributed by atoms with Gasteiger partial charge in [0, 0.05) is 27.5 Å². The Morgan fingerprint density at radius 1 is 0.725 bits per heavy atom. The second-order valence-electron chi connectivity index (χ2n) is 10.2. The Labute approximate surface area is 239 Å². The zero-order valence-corrected chi connectivity index (χ0v) is 24.9. The molecule has 8 nitrogen and oxygen atoms in total. The molecule has 0 aliphatic heterocycles. The van der Waals surface area contributed by atoms with Gasteiger partial charge in [0.05, 0.1) is 13.3 Å². The first-order chi connectivity index (χ1) is 18.9. The smallest absolute Gasteiger partial charge is 0.252 e. The molecule has 0 radical (unpaired) electrons. The summed E-state index contributed by atoms with van der Waals surface area (Å²) in [5.74, 6) is -0.837. The van der Waals surface area contributed by atoms with Gasteiger partial charge in [-0.1, -0.05) is 70.2 Å². The predicted octanol–water partition coefficient (Wildman–Crippen LogP) is 4.79. The number of benzene rings is 2. The molecule has 8 heteroatoms. The van der Waals surface area contributed by atoms with Crippen molar-refractivity contribution < 1.29 is 19.2 Å². The number of carbonyl (C=O) groups is 4. The van der Waals surface area contributed by atoms with Crippen molar-refractivity contribution in [2.75, 3.05) is 27.4 Å². The monoisotopic (exact) mass is 550 g/mol. The summed E-state index contributed by atoms with van der Waals surface area (Å²) in [6, 6.07) is 15.3. The maximum atomic E-state index is 13.0. The molecule has 0 spiro atoms. The topological polar surface area (TPSA) is 108 Å². The van der Waals surface area contributed by atoms with Gasteiger partial charge in [0.15, 0.2) is 5.78 Å². The van der Waals surface area contributed by atoms with Gasteiger partial charge in [0.2, 0.25) is 11.8 Å². The van der Waals surface area contributed by atoms with Crippen LogP contribution in [0.15, 0.2) is 80.9 Å². The minimum atomic E-state index is -0.789. The average molecular weight is 551 g/mol. The summed E-state index contributed by atoms with van der Waals surface area (Å²) in [6.07, 6.45) is 0.889. The van der Waals surface area contributed by atoms with Crippen LogP contribution in [0, 0.1) is 10.8 Å². The van der Waals surface area contributed by atoms with E-state index >= 15 is 0 Å². The van der Waals surface area contributed by atoms with Crippen molar-refractivity contribution in [1.82, 2.24) is 20.9 Å². The second-order valence-corrected chi connectivity index (χ2v) is 10.2. The van der Waals surface area contributed by atoms with Crippen LogP contribution in [0.1, 0.15) is 66.8 Å². The fourth-order valence-corrected chi connectivity index (χ4v) is 3.94. The van der Waals surface area contributed by atoms with Crippen molar-refractivity contribution in [3.8, 4) is 0 Å². The first-order valence-corrected chi connectivity index (χ1v) is 13.1. The van der Waals surface area contributed by atoms with E-state index in [-0.39, 0.29) is 30.2 Å². The van der Waals surface area contributed by atoms with E-state index in [1.807, 2.05) is 52.8 Å². The lowest BCUT2D eigenvalue weighted by Gasteiger charge is -2.35. The number of ketones is 1. The molecule has 1 atom stereocenters. The van der Waals surface area contributed by atoms with Gasteiger partial charge in [-0.25, -0.2) is 0 Å². The summed E-state index contributed by atoms with van der Waals surface area (Å²) < 4.78 is 0. The number of amides is 3. The number of hydrogen-bond donors (Lipinski definition) is 3. The Balaban J connectivity index is 0.00000363. The first-order valence-electron chi connectivity index (χ1n) is 13.1. The summed E-state index contributed by atoms with van der Waals surface area (Å²) in [4.78, 5) is 52.6. The Morgan fingerprint density at radius 3 is 1.73 bits per heavy atom. The quantitative estimate of drug-likeness (QED) is 0.200. The average Bonchev–Trinajstić information content (AvgIpc) is 2.97. The van der Waals surface area contributed by atoms with Crippen LogP contribution in [0.5, 0.6) is 0 Å². The standard InChI is InChI=1S/C28H38N4O4.2C2H4/c1-7-28(4,17-27(2,3)25(35)31-19-32(5)6)26(36)30-18-29-24(34)22-15-13-21(14-16-22)23(33)20-11-9-8-10-12-20;2*1-2/h8-16H,7,17-19H2,1-6H3,(H,29,34)(H,30,36)(H,31,35);2*1-2H2. The van der Waals surface area contributed by atoms with Crippen LogP contribution in [0.2, 0.25) is 0 Å². The summed E-state index contributed by atoms with van der Waals surface area (Å²) in [5.41, 5.74) is -0.0915. The third kappa shape index (κ3) is 11.0. The Hall–Kier alpha value is -4.04. The maximum absolute atomic E-state index is 13.0. The molecule has 0 heterocycles. The maximum Gasteiger partial charge on any atom is 0.252 e. The van der Waals surface area contributed by atoms with E-state index in [1.54, 1.807) is 48.5 Å². The van der Waals surface area contributed by atoms with Crippen molar-refractivity contribution in [1.29, 1.82) is 0 Å². The van der Waals surface area contributed by atoms with Crippen LogP contribution in [0.3, 0.4) is 0 Å². The minimum Gasteiger partial charge on any atom is -0.343 e. The molecule has 0 bridgehead atoms. The highest BCUT2D eigenvalue weighted by atomic mass is 16.2. The molecule has 2 aromatic rings. The molecule has 3 N–H and O–H groups in total. The summed E-state index contributed by atoms with van der Waals surface area (Å²) >= 11 is 0. The van der Waals surface area contributed by atoms with Gasteiger partial charge in [-0.3, -0.25) is 24.1 Å². The molecule has 218 valence electrons. The molecule has 1 unspecified atom stereocenters. The van der Waals surface area contributed by atoms with Crippen LogP contribution in [0.4, 0.5) is 0 Å². The molecule has 2 rings (SSSR count). The molecular formula is C32H46N4O4.